The molecule has 102 valence electrons. The van der Waals surface area contributed by atoms with Crippen molar-refractivity contribution in [1.82, 2.24) is 5.32 Å². The number of benzene rings is 1. The summed E-state index contributed by atoms with van der Waals surface area (Å²) in [7, 11) is 0. The van der Waals surface area contributed by atoms with E-state index < -0.39 is 0 Å². The van der Waals surface area contributed by atoms with Crippen LogP contribution in [0.25, 0.3) is 0 Å². The quantitative estimate of drug-likeness (QED) is 0.794. The molecule has 19 heavy (non-hydrogen) atoms. The Bertz CT molecular complexity index is 452. The lowest BCUT2D eigenvalue weighted by molar-refractivity contribution is -0.122. The molecule has 0 saturated carbocycles. The summed E-state index contributed by atoms with van der Waals surface area (Å²) in [6, 6.07) is 7.65. The highest BCUT2D eigenvalue weighted by Gasteiger charge is 2.15. The van der Waals surface area contributed by atoms with E-state index >= 15 is 0 Å². The molecular weight excluding hydrogens is 240 g/mol. The van der Waals surface area contributed by atoms with Gasteiger partial charge in [-0.1, -0.05) is 25.1 Å². The van der Waals surface area contributed by atoms with Crippen LogP contribution in [0.3, 0.4) is 0 Å². The van der Waals surface area contributed by atoms with Crippen molar-refractivity contribution in [2.24, 2.45) is 0 Å². The summed E-state index contributed by atoms with van der Waals surface area (Å²) in [5.41, 5.74) is 1.93. The number of amides is 2. The van der Waals surface area contributed by atoms with Gasteiger partial charge in [0.1, 0.15) is 6.54 Å². The minimum absolute atomic E-state index is 0.0225. The third-order valence-electron chi connectivity index (χ3n) is 2.78. The minimum atomic E-state index is -0.199. The average molecular weight is 260 g/mol. The summed E-state index contributed by atoms with van der Waals surface area (Å²) < 4.78 is 0. The molecule has 0 radical (unpaired) electrons. The van der Waals surface area contributed by atoms with Gasteiger partial charge in [-0.3, -0.25) is 9.59 Å². The normalized spacial score (nSPS) is 9.79. The van der Waals surface area contributed by atoms with Crippen molar-refractivity contribution in [2.75, 3.05) is 18.0 Å². The van der Waals surface area contributed by atoms with Gasteiger partial charge in [0.2, 0.25) is 11.8 Å². The van der Waals surface area contributed by atoms with Gasteiger partial charge in [0.15, 0.2) is 0 Å². The van der Waals surface area contributed by atoms with Crippen molar-refractivity contribution < 1.29 is 9.59 Å². The Morgan fingerprint density at radius 1 is 1.32 bits per heavy atom. The van der Waals surface area contributed by atoms with Crippen molar-refractivity contribution in [3.63, 3.8) is 0 Å². The van der Waals surface area contributed by atoms with E-state index in [-0.39, 0.29) is 18.4 Å². The molecular formula is C15H20N2O2. The van der Waals surface area contributed by atoms with Crippen LogP contribution in [0.5, 0.6) is 0 Å². The highest BCUT2D eigenvalue weighted by atomic mass is 16.2. The highest BCUT2D eigenvalue weighted by Crippen LogP contribution is 2.15. The molecule has 1 aromatic rings. The maximum Gasteiger partial charge on any atom is 0.240 e. The first-order valence-electron chi connectivity index (χ1n) is 6.33. The molecule has 0 aliphatic carbocycles. The fraction of sp³-hybridized carbons (Fsp3) is 0.333. The molecule has 1 rings (SSSR count). The lowest BCUT2D eigenvalue weighted by Crippen LogP contribution is -2.39. The molecule has 0 spiro atoms. The first-order valence-corrected chi connectivity index (χ1v) is 6.33. The molecule has 4 heteroatoms. The van der Waals surface area contributed by atoms with E-state index in [4.69, 9.17) is 0 Å². The van der Waals surface area contributed by atoms with E-state index in [9.17, 15) is 9.59 Å². The molecule has 0 fully saturated rings. The average Bonchev–Trinajstić information content (AvgIpc) is 2.42. The molecule has 0 aromatic heterocycles. The molecule has 1 aromatic carbocycles. The Morgan fingerprint density at radius 3 is 2.42 bits per heavy atom. The van der Waals surface area contributed by atoms with Crippen molar-refractivity contribution in [2.45, 2.75) is 20.3 Å². The molecule has 0 saturated heterocycles. The van der Waals surface area contributed by atoms with Crippen LogP contribution in [0.2, 0.25) is 0 Å². The fourth-order valence-electron chi connectivity index (χ4n) is 1.68. The van der Waals surface area contributed by atoms with Crippen LogP contribution in [0.1, 0.15) is 19.4 Å². The zero-order chi connectivity index (χ0) is 14.3. The van der Waals surface area contributed by atoms with Crippen molar-refractivity contribution >= 4 is 17.5 Å². The Labute approximate surface area is 114 Å². The lowest BCUT2D eigenvalue weighted by Gasteiger charge is -2.20. The van der Waals surface area contributed by atoms with Crippen molar-refractivity contribution in [3.05, 3.63) is 42.5 Å². The van der Waals surface area contributed by atoms with Gasteiger partial charge in [-0.25, -0.2) is 0 Å². The van der Waals surface area contributed by atoms with Gasteiger partial charge in [-0.15, -0.1) is 6.58 Å². The number of nitrogens with one attached hydrogen (secondary N) is 1. The van der Waals surface area contributed by atoms with Crippen LogP contribution in [0.4, 0.5) is 5.69 Å². The van der Waals surface area contributed by atoms with Crippen LogP contribution >= 0.6 is 0 Å². The van der Waals surface area contributed by atoms with Gasteiger partial charge >= 0.3 is 0 Å². The Morgan fingerprint density at radius 2 is 1.95 bits per heavy atom. The number of nitrogens with zero attached hydrogens (tertiary/aromatic N) is 1. The number of hydrogen-bond acceptors (Lipinski definition) is 2. The summed E-state index contributed by atoms with van der Waals surface area (Å²) in [6.45, 7) is 7.48. The van der Waals surface area contributed by atoms with E-state index in [1.165, 1.54) is 17.4 Å². The fourth-order valence-corrected chi connectivity index (χ4v) is 1.68. The largest absolute Gasteiger partial charge is 0.351 e. The first kappa shape index (κ1) is 15.0. The van der Waals surface area contributed by atoms with Crippen molar-refractivity contribution in [1.29, 1.82) is 0 Å². The maximum absolute atomic E-state index is 11.7. The van der Waals surface area contributed by atoms with Crippen molar-refractivity contribution in [3.8, 4) is 0 Å². The van der Waals surface area contributed by atoms with E-state index in [1.54, 1.807) is 6.08 Å². The second kappa shape index (κ2) is 7.36. The van der Waals surface area contributed by atoms with Crippen LogP contribution in [0.15, 0.2) is 36.9 Å². The van der Waals surface area contributed by atoms with Gasteiger partial charge in [0.05, 0.1) is 0 Å². The van der Waals surface area contributed by atoms with E-state index in [0.717, 1.165) is 12.1 Å². The molecule has 1 N–H and O–H groups in total. The number of hydrogen-bond donors (Lipinski definition) is 1. The standard InChI is InChI=1S/C15H20N2O2/c1-4-10-16-15(19)11-17(12(3)18)14-8-6-13(5-2)7-9-14/h4,6-9H,1,5,10-11H2,2-3H3,(H,16,19). The summed E-state index contributed by atoms with van der Waals surface area (Å²) in [5.74, 6) is -0.354. The summed E-state index contributed by atoms with van der Waals surface area (Å²) in [4.78, 5) is 24.8. The van der Waals surface area contributed by atoms with E-state index in [2.05, 4.69) is 18.8 Å². The second-order valence-corrected chi connectivity index (χ2v) is 4.22. The molecule has 0 atom stereocenters. The zero-order valence-electron chi connectivity index (χ0n) is 11.5. The SMILES string of the molecule is C=CCNC(=O)CN(C(C)=O)c1ccc(CC)cc1. The summed E-state index contributed by atoms with van der Waals surface area (Å²) >= 11 is 0. The Balaban J connectivity index is 2.78. The molecule has 0 aliphatic heterocycles. The molecule has 4 nitrogen and oxygen atoms in total. The van der Waals surface area contributed by atoms with Gasteiger partial charge in [0, 0.05) is 19.2 Å². The number of aryl methyl sites for hydroxylation is 1. The maximum atomic E-state index is 11.7. The zero-order valence-corrected chi connectivity index (χ0v) is 11.5. The van der Waals surface area contributed by atoms with Gasteiger partial charge in [-0.05, 0) is 24.1 Å². The van der Waals surface area contributed by atoms with Crippen LogP contribution in [-0.2, 0) is 16.0 Å². The molecule has 0 bridgehead atoms. The third kappa shape index (κ3) is 4.58. The molecule has 0 aliphatic rings. The van der Waals surface area contributed by atoms with Gasteiger partial charge in [0.25, 0.3) is 0 Å². The van der Waals surface area contributed by atoms with E-state index in [0.29, 0.717) is 6.54 Å². The minimum Gasteiger partial charge on any atom is -0.351 e. The lowest BCUT2D eigenvalue weighted by atomic mass is 10.1. The predicted molar refractivity (Wildman–Crippen MR) is 77.1 cm³/mol. The predicted octanol–water partition coefficient (Wildman–Crippen LogP) is 1.90. The number of carbonyl (C=O) groups excluding carboxylic acids is 2. The third-order valence-corrected chi connectivity index (χ3v) is 2.78. The van der Waals surface area contributed by atoms with Crippen LogP contribution in [0, 0.1) is 0 Å². The Kier molecular flexibility index (Phi) is 5.79. The monoisotopic (exact) mass is 260 g/mol. The van der Waals surface area contributed by atoms with Crippen LogP contribution in [-0.4, -0.2) is 24.9 Å². The van der Waals surface area contributed by atoms with Crippen LogP contribution < -0.4 is 10.2 Å². The Hall–Kier alpha value is -2.10. The molecule has 2 amide bonds. The van der Waals surface area contributed by atoms with Gasteiger partial charge < -0.3 is 10.2 Å². The topological polar surface area (TPSA) is 49.4 Å². The molecule has 0 heterocycles. The number of anilines is 1. The summed E-state index contributed by atoms with van der Waals surface area (Å²) in [6.07, 6.45) is 2.55. The molecule has 0 unspecified atom stereocenters. The smallest absolute Gasteiger partial charge is 0.240 e. The summed E-state index contributed by atoms with van der Waals surface area (Å²) in [5, 5.41) is 2.66. The number of carbonyl (C=O) groups is 2. The number of rotatable bonds is 6. The highest BCUT2D eigenvalue weighted by molar-refractivity contribution is 5.97. The van der Waals surface area contributed by atoms with E-state index in [1.807, 2.05) is 24.3 Å². The second-order valence-electron chi connectivity index (χ2n) is 4.22. The first-order chi connectivity index (χ1) is 9.08. The van der Waals surface area contributed by atoms with Gasteiger partial charge in [-0.2, -0.15) is 0 Å².